The number of anilines is 1. The minimum atomic E-state index is -0.453. The molecular weight excluding hydrogens is 479 g/mol. The number of hydrogen-bond acceptors (Lipinski definition) is 7. The summed E-state index contributed by atoms with van der Waals surface area (Å²) in [7, 11) is 0. The van der Waals surface area contributed by atoms with Crippen LogP contribution < -0.4 is 10.6 Å². The fraction of sp³-hybridized carbons (Fsp3) is 0.478. The largest absolute Gasteiger partial charge is 0.381 e. The number of urea groups is 1. The lowest BCUT2D eigenvalue weighted by molar-refractivity contribution is 0.0903. The average Bonchev–Trinajstić information content (AvgIpc) is 3.39. The molecule has 1 saturated heterocycles. The third kappa shape index (κ3) is 5.27. The van der Waals surface area contributed by atoms with Gasteiger partial charge in [0.15, 0.2) is 0 Å². The van der Waals surface area contributed by atoms with E-state index in [1.807, 2.05) is 12.3 Å². The van der Waals surface area contributed by atoms with Crippen molar-refractivity contribution in [1.29, 1.82) is 0 Å². The number of carbonyl (C=O) groups is 1. The Morgan fingerprint density at radius 3 is 2.82 bits per heavy atom. The van der Waals surface area contributed by atoms with Crippen LogP contribution in [0.5, 0.6) is 0 Å². The first kappa shape index (κ1) is 23.3. The van der Waals surface area contributed by atoms with Crippen LogP contribution in [0.2, 0.25) is 10.0 Å². The van der Waals surface area contributed by atoms with Crippen LogP contribution in [0.3, 0.4) is 0 Å². The predicted molar refractivity (Wildman–Crippen MR) is 130 cm³/mol. The van der Waals surface area contributed by atoms with Gasteiger partial charge in [0.25, 0.3) is 0 Å². The topological polar surface area (TPSA) is 101 Å². The number of fused-ring (bicyclic) bond motifs is 1. The zero-order valence-corrected chi connectivity index (χ0v) is 20.1. The van der Waals surface area contributed by atoms with Crippen molar-refractivity contribution < 1.29 is 14.3 Å². The zero-order chi connectivity index (χ0) is 23.5. The second kappa shape index (κ2) is 10.4. The van der Waals surface area contributed by atoms with Gasteiger partial charge in [-0.25, -0.2) is 14.8 Å². The highest BCUT2D eigenvalue weighted by Crippen LogP contribution is 2.29. The standard InChI is InChI=1S/C23H26Cl2N6O3/c24-17-2-1-14(9-18(17)25)21(20-11-26-13-34-20)30-23(32)31-6-3-15-10-27-22(29-19(15)12-31)28-16-4-7-33-8-5-16/h1-2,9-11,16,20-21H,3-8,12-13H2,(H,30,32)(H,27,28,29). The minimum absolute atomic E-state index is 0.205. The predicted octanol–water partition coefficient (Wildman–Crippen LogP) is 3.61. The summed E-state index contributed by atoms with van der Waals surface area (Å²) in [6.45, 7) is 2.72. The van der Waals surface area contributed by atoms with Crippen LogP contribution >= 0.6 is 23.2 Å². The fourth-order valence-corrected chi connectivity index (χ4v) is 4.66. The second-order valence-electron chi connectivity index (χ2n) is 8.56. The third-order valence-electron chi connectivity index (χ3n) is 6.29. The molecule has 0 spiro atoms. The van der Waals surface area contributed by atoms with Gasteiger partial charge in [-0.15, -0.1) is 0 Å². The van der Waals surface area contributed by atoms with Gasteiger partial charge < -0.3 is 25.0 Å². The molecule has 0 aliphatic carbocycles. The van der Waals surface area contributed by atoms with Crippen molar-refractivity contribution in [2.45, 2.75) is 44.0 Å². The van der Waals surface area contributed by atoms with Crippen molar-refractivity contribution in [1.82, 2.24) is 20.2 Å². The van der Waals surface area contributed by atoms with Gasteiger partial charge in [-0.1, -0.05) is 29.3 Å². The van der Waals surface area contributed by atoms with Crippen LogP contribution in [-0.4, -0.2) is 65.7 Å². The van der Waals surface area contributed by atoms with Gasteiger partial charge in [0.05, 0.1) is 28.3 Å². The van der Waals surface area contributed by atoms with Crippen molar-refractivity contribution in [2.75, 3.05) is 31.8 Å². The van der Waals surface area contributed by atoms with E-state index in [1.54, 1.807) is 23.2 Å². The Bertz CT molecular complexity index is 1080. The normalized spacial score (nSPS) is 21.2. The summed E-state index contributed by atoms with van der Waals surface area (Å²) in [6, 6.07) is 4.94. The molecule has 0 saturated carbocycles. The quantitative estimate of drug-likeness (QED) is 0.644. The SMILES string of the molecule is O=C(NC(c1ccc(Cl)c(Cl)c1)C1C=NCO1)N1CCc2cnc(NC3CCOCC3)nc2C1. The van der Waals surface area contributed by atoms with Gasteiger partial charge in [-0.05, 0) is 42.5 Å². The number of carbonyl (C=O) groups excluding carboxylic acids is 1. The molecule has 0 radical (unpaired) electrons. The van der Waals surface area contributed by atoms with Crippen molar-refractivity contribution >= 4 is 41.4 Å². The molecule has 180 valence electrons. The van der Waals surface area contributed by atoms with E-state index in [9.17, 15) is 4.79 Å². The molecule has 2 atom stereocenters. The highest BCUT2D eigenvalue weighted by molar-refractivity contribution is 6.42. The molecule has 1 aromatic carbocycles. The molecule has 11 heteroatoms. The van der Waals surface area contributed by atoms with E-state index in [1.165, 1.54) is 0 Å². The maximum absolute atomic E-state index is 13.3. The van der Waals surface area contributed by atoms with Crippen LogP contribution in [0.4, 0.5) is 10.7 Å². The summed E-state index contributed by atoms with van der Waals surface area (Å²) in [5.41, 5.74) is 2.72. The fourth-order valence-electron chi connectivity index (χ4n) is 4.36. The molecule has 9 nitrogen and oxygen atoms in total. The Hall–Kier alpha value is -2.46. The van der Waals surface area contributed by atoms with E-state index in [4.69, 9.17) is 37.7 Å². The summed E-state index contributed by atoms with van der Waals surface area (Å²) in [5.74, 6) is 0.595. The van der Waals surface area contributed by atoms with Crippen LogP contribution in [0, 0.1) is 0 Å². The smallest absolute Gasteiger partial charge is 0.318 e. The number of hydrogen-bond donors (Lipinski definition) is 2. The molecule has 5 rings (SSSR count). The van der Waals surface area contributed by atoms with E-state index in [0.717, 1.165) is 42.9 Å². The van der Waals surface area contributed by atoms with Crippen molar-refractivity contribution in [2.24, 2.45) is 4.99 Å². The number of benzene rings is 1. The first-order chi connectivity index (χ1) is 16.6. The van der Waals surface area contributed by atoms with Crippen LogP contribution in [0.15, 0.2) is 29.4 Å². The average molecular weight is 505 g/mol. The summed E-state index contributed by atoms with van der Waals surface area (Å²) >= 11 is 12.3. The molecular formula is C23H26Cl2N6O3. The van der Waals surface area contributed by atoms with Gasteiger partial charge in [-0.3, -0.25) is 4.99 Å². The zero-order valence-electron chi connectivity index (χ0n) is 18.5. The van der Waals surface area contributed by atoms with Gasteiger partial charge in [0, 0.05) is 38.2 Å². The lowest BCUT2D eigenvalue weighted by Crippen LogP contribution is -2.47. The maximum atomic E-state index is 13.3. The lowest BCUT2D eigenvalue weighted by Gasteiger charge is -2.31. The Balaban J connectivity index is 1.29. The van der Waals surface area contributed by atoms with Crippen molar-refractivity contribution in [3.8, 4) is 0 Å². The van der Waals surface area contributed by atoms with Crippen LogP contribution in [0.1, 0.15) is 35.7 Å². The van der Waals surface area contributed by atoms with Gasteiger partial charge in [0.2, 0.25) is 5.95 Å². The third-order valence-corrected chi connectivity index (χ3v) is 7.03. The first-order valence-corrected chi connectivity index (χ1v) is 12.1. The summed E-state index contributed by atoms with van der Waals surface area (Å²) in [5, 5.41) is 7.37. The van der Waals surface area contributed by atoms with Gasteiger partial charge in [0.1, 0.15) is 12.8 Å². The molecule has 0 bridgehead atoms. The Labute approximate surface area is 207 Å². The highest BCUT2D eigenvalue weighted by Gasteiger charge is 2.30. The summed E-state index contributed by atoms with van der Waals surface area (Å²) in [4.78, 5) is 28.4. The molecule has 3 aliphatic heterocycles. The Morgan fingerprint density at radius 1 is 1.21 bits per heavy atom. The Kier molecular flexibility index (Phi) is 7.15. The van der Waals surface area contributed by atoms with E-state index in [0.29, 0.717) is 41.5 Å². The number of ether oxygens (including phenoxy) is 2. The molecule has 3 aliphatic rings. The van der Waals surface area contributed by atoms with Crippen LogP contribution in [-0.2, 0) is 22.4 Å². The molecule has 4 heterocycles. The number of halogens is 2. The molecule has 2 N–H and O–H groups in total. The maximum Gasteiger partial charge on any atom is 0.318 e. The first-order valence-electron chi connectivity index (χ1n) is 11.4. The molecule has 2 amide bonds. The van der Waals surface area contributed by atoms with E-state index in [2.05, 4.69) is 20.6 Å². The molecule has 1 aromatic heterocycles. The second-order valence-corrected chi connectivity index (χ2v) is 9.38. The molecule has 2 aromatic rings. The van der Waals surface area contributed by atoms with Crippen molar-refractivity contribution in [3.63, 3.8) is 0 Å². The number of amides is 2. The van der Waals surface area contributed by atoms with Crippen molar-refractivity contribution in [3.05, 3.63) is 51.3 Å². The van der Waals surface area contributed by atoms with E-state index < -0.39 is 12.1 Å². The number of rotatable bonds is 5. The monoisotopic (exact) mass is 504 g/mol. The van der Waals surface area contributed by atoms with Gasteiger partial charge >= 0.3 is 6.03 Å². The molecule has 1 fully saturated rings. The number of nitrogens with one attached hydrogen (secondary N) is 2. The van der Waals surface area contributed by atoms with E-state index in [-0.39, 0.29) is 12.8 Å². The van der Waals surface area contributed by atoms with E-state index >= 15 is 0 Å². The number of aliphatic imine (C=N–C) groups is 1. The number of aromatic nitrogens is 2. The number of nitrogens with zero attached hydrogens (tertiary/aromatic N) is 4. The Morgan fingerprint density at radius 2 is 2.06 bits per heavy atom. The van der Waals surface area contributed by atoms with Crippen LogP contribution in [0.25, 0.3) is 0 Å². The summed E-state index contributed by atoms with van der Waals surface area (Å²) < 4.78 is 11.1. The lowest BCUT2D eigenvalue weighted by atomic mass is 10.0. The highest BCUT2D eigenvalue weighted by atomic mass is 35.5. The summed E-state index contributed by atoms with van der Waals surface area (Å²) in [6.07, 6.45) is 5.73. The molecule has 34 heavy (non-hydrogen) atoms. The minimum Gasteiger partial charge on any atom is -0.381 e. The van der Waals surface area contributed by atoms with Gasteiger partial charge in [-0.2, -0.15) is 0 Å². The molecule has 2 unspecified atom stereocenters.